The zero-order chi connectivity index (χ0) is 74.2. The predicted octanol–water partition coefficient (Wildman–Crippen LogP) is 14.2. The Morgan fingerprint density at radius 3 is 1.23 bits per heavy atom. The Balaban J connectivity index is 0.000000281. The minimum atomic E-state index is -4.83. The molecule has 0 saturated carbocycles. The highest BCUT2D eigenvalue weighted by atomic mass is 35.5. The standard InChI is InChI=1S/C37H43ClF5N3O5.C35H39ClF5N3O5/c1-7-51-33(48)16-30(27-13-24(14-29(38)35(27)40)34-21(4)11-25(39)12-22(34)5)44-36(49)31(10-20(2)3)46-17-23(8-9-45-18-26(19-45)50-6)28(15-32(46)47)37(41,42)43;1-18(2)8-29(44-15-21(6-7-43-16-24(17-43)49-5)26(13-30(44)45)35(39,40)41)34(48)42-28(14-31(46)47)25-11-22(12-27(36)33(25)38)32-19(3)9-23(37)10-20(32)4/h11-15,17,20,26,30-31H,7-10,16,18-19H2,1-6H3,(H,44,49);9-13,15,18,24,28-29H,6-8,14,16-17H2,1-5H3,(H,42,48)(H,46,47)/t30-,31?;28-,29?/m00/s1. The van der Waals surface area contributed by atoms with Gasteiger partial charge in [-0.15, -0.1) is 0 Å². The van der Waals surface area contributed by atoms with Crippen molar-refractivity contribution in [1.82, 2.24) is 29.6 Å². The summed E-state index contributed by atoms with van der Waals surface area (Å²) in [6.07, 6.45) is -8.97. The Hall–Kier alpha value is -7.62. The first-order valence-electron chi connectivity index (χ1n) is 32.5. The minimum Gasteiger partial charge on any atom is -0.481 e. The molecule has 28 heteroatoms. The molecule has 2 aliphatic heterocycles. The number of halogens is 12. The van der Waals surface area contributed by atoms with Gasteiger partial charge >= 0.3 is 24.3 Å². The molecule has 0 radical (unpaired) electrons. The molecule has 8 rings (SSSR count). The zero-order valence-corrected chi connectivity index (χ0v) is 58.7. The number of benzene rings is 4. The summed E-state index contributed by atoms with van der Waals surface area (Å²) < 4.78 is 162. The lowest BCUT2D eigenvalue weighted by Crippen LogP contribution is -2.52. The van der Waals surface area contributed by atoms with Crippen LogP contribution in [0.5, 0.6) is 0 Å². The number of hydrogen-bond acceptors (Lipinski definition) is 11. The van der Waals surface area contributed by atoms with E-state index in [1.165, 1.54) is 48.5 Å². The number of amides is 2. The number of aromatic nitrogens is 2. The van der Waals surface area contributed by atoms with Crippen molar-refractivity contribution < 1.29 is 82.4 Å². The van der Waals surface area contributed by atoms with E-state index in [1.54, 1.807) is 76.5 Å². The van der Waals surface area contributed by atoms with Gasteiger partial charge < -0.3 is 39.1 Å². The average Bonchev–Trinajstić information content (AvgIpc) is 0.791. The van der Waals surface area contributed by atoms with Crippen LogP contribution in [0.4, 0.5) is 43.9 Å². The molecule has 2 aromatic heterocycles. The van der Waals surface area contributed by atoms with Gasteiger partial charge in [-0.05, 0) is 176 Å². The van der Waals surface area contributed by atoms with Gasteiger partial charge in [-0.2, -0.15) is 26.3 Å². The van der Waals surface area contributed by atoms with E-state index >= 15 is 8.78 Å². The Kier molecular flexibility index (Phi) is 27.0. The predicted molar refractivity (Wildman–Crippen MR) is 358 cm³/mol. The van der Waals surface area contributed by atoms with Crippen molar-refractivity contribution >= 4 is 47.0 Å². The van der Waals surface area contributed by atoms with Crippen LogP contribution in [0.3, 0.4) is 0 Å². The molecule has 100 heavy (non-hydrogen) atoms. The molecule has 0 aliphatic carbocycles. The van der Waals surface area contributed by atoms with Crippen molar-refractivity contribution in [3.63, 3.8) is 0 Å². The number of aliphatic carboxylic acids is 1. The number of aryl methyl sites for hydroxylation is 4. The number of carbonyl (C=O) groups excluding carboxylic acids is 3. The Morgan fingerprint density at radius 2 is 0.920 bits per heavy atom. The third-order valence-corrected chi connectivity index (χ3v) is 18.2. The summed E-state index contributed by atoms with van der Waals surface area (Å²) in [7, 11) is 3.11. The Labute approximate surface area is 582 Å². The molecule has 4 aromatic carbocycles. The summed E-state index contributed by atoms with van der Waals surface area (Å²) in [6, 6.07) is 5.99. The fourth-order valence-corrected chi connectivity index (χ4v) is 13.2. The Morgan fingerprint density at radius 1 is 0.570 bits per heavy atom. The molecule has 2 fully saturated rings. The number of alkyl halides is 6. The highest BCUT2D eigenvalue weighted by Crippen LogP contribution is 2.40. The molecule has 6 aromatic rings. The van der Waals surface area contributed by atoms with Crippen LogP contribution in [0.25, 0.3) is 22.3 Å². The number of pyridine rings is 2. The lowest BCUT2D eigenvalue weighted by Gasteiger charge is -2.38. The first kappa shape index (κ1) is 79.7. The molecule has 2 saturated heterocycles. The van der Waals surface area contributed by atoms with Crippen LogP contribution in [-0.2, 0) is 58.6 Å². The maximum atomic E-state index is 15.9. The molecule has 2 unspecified atom stereocenters. The number of likely N-dealkylation sites (tertiary alicyclic amines) is 2. The normalized spacial score (nSPS) is 15.2. The van der Waals surface area contributed by atoms with E-state index in [0.29, 0.717) is 82.8 Å². The number of methoxy groups -OCH3 is 2. The SMILES string of the molecule is CCOC(=O)C[C@H](NC(=O)C(CC(C)C)n1cc(CCN2CC(OC)C2)c(C(F)(F)F)cc1=O)c1cc(-c2c(C)cc(F)cc2C)cc(Cl)c1F.COC1CN(CCc2cn(C(CC(C)C)C(=O)N[C@@H](CC(=O)O)c3cc(-c4c(C)cc(F)cc4C)cc(Cl)c3F)c(=O)cc2C(F)(F)F)C1. The summed E-state index contributed by atoms with van der Waals surface area (Å²) in [5.74, 6) is -7.21. The first-order chi connectivity index (χ1) is 46.8. The molecule has 3 N–H and O–H groups in total. The third-order valence-electron chi connectivity index (χ3n) is 17.6. The van der Waals surface area contributed by atoms with E-state index in [4.69, 9.17) is 37.4 Å². The molecule has 4 atom stereocenters. The zero-order valence-electron chi connectivity index (χ0n) is 57.2. The molecule has 16 nitrogen and oxygen atoms in total. The molecule has 0 bridgehead atoms. The number of esters is 1. The monoisotopic (exact) mass is 1450 g/mol. The van der Waals surface area contributed by atoms with Crippen LogP contribution in [0.1, 0.15) is 140 Å². The van der Waals surface area contributed by atoms with Gasteiger partial charge in [0.2, 0.25) is 11.8 Å². The van der Waals surface area contributed by atoms with Crippen molar-refractivity contribution in [3.8, 4) is 22.3 Å². The van der Waals surface area contributed by atoms with Gasteiger partial charge in [-0.3, -0.25) is 38.6 Å². The maximum absolute atomic E-state index is 15.9. The number of nitrogens with zero attached hydrogens (tertiary/aromatic N) is 4. The number of rotatable bonds is 27. The fraction of sp³-hybridized carbons (Fsp3) is 0.472. The molecule has 2 aliphatic rings. The van der Waals surface area contributed by atoms with Gasteiger partial charge in [-0.25, -0.2) is 17.6 Å². The first-order valence-corrected chi connectivity index (χ1v) is 33.2. The summed E-state index contributed by atoms with van der Waals surface area (Å²) in [5, 5.41) is 14.3. The van der Waals surface area contributed by atoms with Gasteiger partial charge in [0, 0.05) is 89.1 Å². The van der Waals surface area contributed by atoms with Crippen LogP contribution in [0, 0.1) is 62.8 Å². The molecular weight excluding hydrogens is 1370 g/mol. The van der Waals surface area contributed by atoms with Crippen LogP contribution >= 0.6 is 23.2 Å². The minimum absolute atomic E-state index is 0.000000833. The van der Waals surface area contributed by atoms with Crippen LogP contribution in [0.2, 0.25) is 10.0 Å². The topological polar surface area (TPSA) is 191 Å². The number of carboxylic acid groups (broad SMARTS) is 1. The number of ether oxygens (including phenoxy) is 3. The van der Waals surface area contributed by atoms with Crippen LogP contribution in [0.15, 0.2) is 82.6 Å². The van der Waals surface area contributed by atoms with Gasteiger partial charge in [0.15, 0.2) is 0 Å². The second kappa shape index (κ2) is 33.9. The van der Waals surface area contributed by atoms with Gasteiger partial charge in [0.25, 0.3) is 11.1 Å². The second-order valence-corrected chi connectivity index (χ2v) is 27.0. The lowest BCUT2D eigenvalue weighted by molar-refractivity contribution is -0.144. The molecule has 544 valence electrons. The Bertz CT molecular complexity index is 4050. The number of carbonyl (C=O) groups is 4. The molecule has 4 heterocycles. The summed E-state index contributed by atoms with van der Waals surface area (Å²) in [6.45, 7) is 18.0. The van der Waals surface area contributed by atoms with E-state index in [2.05, 4.69) is 10.6 Å². The quantitative estimate of drug-likeness (QED) is 0.0327. The van der Waals surface area contributed by atoms with Gasteiger partial charge in [0.1, 0.15) is 35.4 Å². The van der Waals surface area contributed by atoms with Crippen molar-refractivity contribution in [2.45, 2.75) is 150 Å². The highest BCUT2D eigenvalue weighted by molar-refractivity contribution is 6.31. The van der Waals surface area contributed by atoms with E-state index < -0.39 is 119 Å². The summed E-state index contributed by atoms with van der Waals surface area (Å²) >= 11 is 12.6. The number of nitrogens with one attached hydrogen (secondary N) is 2. The summed E-state index contributed by atoms with van der Waals surface area (Å²) in [4.78, 5) is 83.3. The average molecular weight is 1450 g/mol. The molecular formula is C72H82Cl2F10N6O10. The number of carboxylic acids is 1. The van der Waals surface area contributed by atoms with Gasteiger partial charge in [-0.1, -0.05) is 50.9 Å². The van der Waals surface area contributed by atoms with E-state index in [-0.39, 0.29) is 102 Å². The van der Waals surface area contributed by atoms with E-state index in [1.807, 2.05) is 9.80 Å². The van der Waals surface area contributed by atoms with E-state index in [9.17, 15) is 69.0 Å². The highest BCUT2D eigenvalue weighted by Gasteiger charge is 2.40. The van der Waals surface area contributed by atoms with E-state index in [0.717, 1.165) is 21.5 Å². The van der Waals surface area contributed by atoms with Crippen molar-refractivity contribution in [3.05, 3.63) is 183 Å². The lowest BCUT2D eigenvalue weighted by atomic mass is 9.92. The van der Waals surface area contributed by atoms with Crippen LogP contribution < -0.4 is 21.8 Å². The van der Waals surface area contributed by atoms with Crippen LogP contribution in [-0.4, -0.2) is 120 Å². The van der Waals surface area contributed by atoms with Crippen molar-refractivity contribution in [1.29, 1.82) is 0 Å². The summed E-state index contributed by atoms with van der Waals surface area (Å²) in [5.41, 5.74) is -1.17. The molecule has 2 amide bonds. The third kappa shape index (κ3) is 20.1. The van der Waals surface area contributed by atoms with Gasteiger partial charge in [0.05, 0.1) is 64.9 Å². The molecule has 0 spiro atoms. The number of hydrogen-bond donors (Lipinski definition) is 3. The maximum Gasteiger partial charge on any atom is 0.416 e. The van der Waals surface area contributed by atoms with Crippen molar-refractivity contribution in [2.24, 2.45) is 11.8 Å². The largest absolute Gasteiger partial charge is 0.481 e. The second-order valence-electron chi connectivity index (χ2n) is 26.2. The fourth-order valence-electron chi connectivity index (χ4n) is 12.8. The van der Waals surface area contributed by atoms with Crippen molar-refractivity contribution in [2.75, 3.05) is 60.1 Å². The smallest absolute Gasteiger partial charge is 0.416 e.